The van der Waals surface area contributed by atoms with Gasteiger partial charge in [-0.1, -0.05) is 0 Å². The number of amides is 1. The zero-order chi connectivity index (χ0) is 12.3. The van der Waals surface area contributed by atoms with Crippen LogP contribution < -0.4 is 10.6 Å². The van der Waals surface area contributed by atoms with Gasteiger partial charge in [0, 0.05) is 13.2 Å². The molecule has 98 valence electrons. The second-order valence-corrected chi connectivity index (χ2v) is 5.56. The maximum absolute atomic E-state index is 12.4. The number of hydrogen-bond donors (Lipinski definition) is 2. The van der Waals surface area contributed by atoms with E-state index in [9.17, 15) is 4.79 Å². The van der Waals surface area contributed by atoms with Crippen LogP contribution in [0.5, 0.6) is 0 Å². The lowest BCUT2D eigenvalue weighted by molar-refractivity contribution is -0.137. The minimum atomic E-state index is -0.302. The number of rotatable bonds is 5. The smallest absolute Gasteiger partial charge is 0.228 e. The lowest BCUT2D eigenvalue weighted by Gasteiger charge is -2.36. The van der Waals surface area contributed by atoms with Crippen molar-refractivity contribution in [2.75, 3.05) is 26.8 Å². The van der Waals surface area contributed by atoms with E-state index in [2.05, 4.69) is 17.6 Å². The number of nitrogens with one attached hydrogen (secondary N) is 2. The van der Waals surface area contributed by atoms with Crippen molar-refractivity contribution >= 4 is 5.91 Å². The topological polar surface area (TPSA) is 50.4 Å². The van der Waals surface area contributed by atoms with Gasteiger partial charge in [-0.05, 0) is 51.6 Å². The lowest BCUT2D eigenvalue weighted by Crippen LogP contribution is -2.52. The highest BCUT2D eigenvalue weighted by Crippen LogP contribution is 2.34. The molecule has 1 saturated heterocycles. The van der Waals surface area contributed by atoms with Gasteiger partial charge in [0.1, 0.15) is 0 Å². The molecular weight excluding hydrogens is 216 g/mol. The van der Waals surface area contributed by atoms with E-state index >= 15 is 0 Å². The monoisotopic (exact) mass is 240 g/mol. The van der Waals surface area contributed by atoms with E-state index in [1.165, 1.54) is 12.8 Å². The molecule has 0 bridgehead atoms. The van der Waals surface area contributed by atoms with Gasteiger partial charge in [-0.2, -0.15) is 0 Å². The molecule has 0 spiro atoms. The van der Waals surface area contributed by atoms with Crippen molar-refractivity contribution in [3.8, 4) is 0 Å². The third-order valence-corrected chi connectivity index (χ3v) is 4.15. The summed E-state index contributed by atoms with van der Waals surface area (Å²) in [5.74, 6) is 0.903. The Labute approximate surface area is 103 Å². The Balaban J connectivity index is 1.95. The van der Waals surface area contributed by atoms with Crippen LogP contribution in [0.15, 0.2) is 0 Å². The van der Waals surface area contributed by atoms with Crippen molar-refractivity contribution in [1.29, 1.82) is 0 Å². The van der Waals surface area contributed by atoms with Crippen LogP contribution in [0.25, 0.3) is 0 Å². The highest BCUT2D eigenvalue weighted by molar-refractivity contribution is 5.83. The van der Waals surface area contributed by atoms with Crippen molar-refractivity contribution in [1.82, 2.24) is 10.6 Å². The zero-order valence-corrected chi connectivity index (χ0v) is 10.9. The predicted molar refractivity (Wildman–Crippen MR) is 66.7 cm³/mol. The summed E-state index contributed by atoms with van der Waals surface area (Å²) in [5, 5.41) is 6.50. The summed E-state index contributed by atoms with van der Waals surface area (Å²) in [6, 6.07) is 0.325. The quantitative estimate of drug-likeness (QED) is 0.751. The third-order valence-electron chi connectivity index (χ3n) is 4.15. The fourth-order valence-electron chi connectivity index (χ4n) is 2.69. The second kappa shape index (κ2) is 5.36. The van der Waals surface area contributed by atoms with Crippen LogP contribution in [-0.2, 0) is 9.53 Å². The Morgan fingerprint density at radius 3 is 2.65 bits per heavy atom. The van der Waals surface area contributed by atoms with Gasteiger partial charge in [0.25, 0.3) is 0 Å². The molecule has 0 aromatic carbocycles. The summed E-state index contributed by atoms with van der Waals surface area (Å²) in [7, 11) is 1.68. The van der Waals surface area contributed by atoms with Crippen LogP contribution in [0.1, 0.15) is 32.6 Å². The van der Waals surface area contributed by atoms with Crippen molar-refractivity contribution in [3.63, 3.8) is 0 Å². The Bertz CT molecular complexity index is 265. The number of hydrogen-bond acceptors (Lipinski definition) is 3. The Morgan fingerprint density at radius 1 is 1.47 bits per heavy atom. The van der Waals surface area contributed by atoms with Gasteiger partial charge in [0.05, 0.1) is 12.0 Å². The number of carbonyl (C=O) groups is 1. The van der Waals surface area contributed by atoms with E-state index in [1.54, 1.807) is 7.11 Å². The van der Waals surface area contributed by atoms with Crippen molar-refractivity contribution in [2.24, 2.45) is 11.3 Å². The van der Waals surface area contributed by atoms with Crippen LogP contribution >= 0.6 is 0 Å². The van der Waals surface area contributed by atoms with E-state index in [1.807, 2.05) is 0 Å². The molecule has 1 aliphatic carbocycles. The first-order valence-corrected chi connectivity index (χ1v) is 6.68. The molecule has 0 aromatic heterocycles. The molecule has 1 aliphatic heterocycles. The fraction of sp³-hybridized carbons (Fsp3) is 0.923. The molecule has 1 atom stereocenters. The van der Waals surface area contributed by atoms with Crippen LogP contribution in [0.4, 0.5) is 0 Å². The van der Waals surface area contributed by atoms with Gasteiger partial charge in [0.15, 0.2) is 0 Å². The minimum Gasteiger partial charge on any atom is -0.384 e. The molecule has 4 nitrogen and oxygen atoms in total. The highest BCUT2D eigenvalue weighted by Gasteiger charge is 2.41. The first-order valence-electron chi connectivity index (χ1n) is 6.68. The largest absolute Gasteiger partial charge is 0.384 e. The predicted octanol–water partition coefficient (Wildman–Crippen LogP) is 0.917. The summed E-state index contributed by atoms with van der Waals surface area (Å²) in [5.41, 5.74) is -0.302. The van der Waals surface area contributed by atoms with E-state index in [0.717, 1.165) is 25.9 Å². The molecule has 0 aromatic rings. The molecule has 1 saturated carbocycles. The van der Waals surface area contributed by atoms with E-state index in [4.69, 9.17) is 4.74 Å². The normalized spacial score (nSPS) is 25.3. The SMILES string of the molecule is COCC1(C(=O)NC(C)C2CC2)CCNCC1. The molecule has 1 heterocycles. The summed E-state index contributed by atoms with van der Waals surface area (Å²) in [4.78, 5) is 12.4. The Morgan fingerprint density at radius 2 is 2.12 bits per heavy atom. The minimum absolute atomic E-state index is 0.195. The van der Waals surface area contributed by atoms with Crippen molar-refractivity contribution in [2.45, 2.75) is 38.6 Å². The third kappa shape index (κ3) is 2.99. The lowest BCUT2D eigenvalue weighted by atomic mass is 9.78. The van der Waals surface area contributed by atoms with Crippen LogP contribution in [0.3, 0.4) is 0 Å². The molecule has 0 radical (unpaired) electrons. The Hall–Kier alpha value is -0.610. The second-order valence-electron chi connectivity index (χ2n) is 5.56. The maximum atomic E-state index is 12.4. The van der Waals surface area contributed by atoms with Crippen LogP contribution in [-0.4, -0.2) is 38.8 Å². The van der Waals surface area contributed by atoms with E-state index in [-0.39, 0.29) is 11.3 Å². The van der Waals surface area contributed by atoms with E-state index in [0.29, 0.717) is 18.6 Å². The van der Waals surface area contributed by atoms with Gasteiger partial charge in [-0.25, -0.2) is 0 Å². The summed E-state index contributed by atoms with van der Waals surface area (Å²) in [6.45, 7) is 4.48. The van der Waals surface area contributed by atoms with Gasteiger partial charge < -0.3 is 15.4 Å². The number of ether oxygens (including phenoxy) is 1. The van der Waals surface area contributed by atoms with Gasteiger partial charge in [-0.3, -0.25) is 4.79 Å². The summed E-state index contributed by atoms with van der Waals surface area (Å²) in [6.07, 6.45) is 4.29. The van der Waals surface area contributed by atoms with Gasteiger partial charge in [-0.15, -0.1) is 0 Å². The summed E-state index contributed by atoms with van der Waals surface area (Å²) >= 11 is 0. The molecule has 2 fully saturated rings. The maximum Gasteiger partial charge on any atom is 0.228 e. The fourth-order valence-corrected chi connectivity index (χ4v) is 2.69. The first-order chi connectivity index (χ1) is 8.18. The van der Waals surface area contributed by atoms with Gasteiger partial charge in [0.2, 0.25) is 5.91 Å². The molecule has 1 unspecified atom stereocenters. The standard InChI is InChI=1S/C13H24N2O2/c1-10(11-3-4-11)15-12(16)13(9-17-2)5-7-14-8-6-13/h10-11,14H,3-9H2,1-2H3,(H,15,16). The number of carbonyl (C=O) groups excluding carboxylic acids is 1. The highest BCUT2D eigenvalue weighted by atomic mass is 16.5. The van der Waals surface area contributed by atoms with Crippen LogP contribution in [0.2, 0.25) is 0 Å². The Kier molecular flexibility index (Phi) is 4.05. The van der Waals surface area contributed by atoms with Crippen LogP contribution in [0, 0.1) is 11.3 Å². The summed E-state index contributed by atoms with van der Waals surface area (Å²) < 4.78 is 5.27. The molecular formula is C13H24N2O2. The number of methoxy groups -OCH3 is 1. The van der Waals surface area contributed by atoms with E-state index < -0.39 is 0 Å². The molecule has 2 rings (SSSR count). The average Bonchev–Trinajstić information content (AvgIpc) is 3.14. The molecule has 1 amide bonds. The molecule has 2 aliphatic rings. The van der Waals surface area contributed by atoms with Crippen molar-refractivity contribution < 1.29 is 9.53 Å². The van der Waals surface area contributed by atoms with Crippen molar-refractivity contribution in [3.05, 3.63) is 0 Å². The zero-order valence-electron chi connectivity index (χ0n) is 10.9. The molecule has 17 heavy (non-hydrogen) atoms. The molecule has 4 heteroatoms. The average molecular weight is 240 g/mol. The number of piperidine rings is 1. The molecule has 2 N–H and O–H groups in total. The van der Waals surface area contributed by atoms with Gasteiger partial charge >= 0.3 is 0 Å². The first kappa shape index (κ1) is 12.8.